The average Bonchev–Trinajstić information content (AvgIpc) is 2.64. The van der Waals surface area contributed by atoms with Crippen LogP contribution in [0.5, 0.6) is 5.75 Å². The molecule has 2 N–H and O–H groups in total. The second-order valence-electron chi connectivity index (χ2n) is 5.89. The Morgan fingerprint density at radius 3 is 2.42 bits per heavy atom. The van der Waals surface area contributed by atoms with Crippen LogP contribution >= 0.6 is 0 Å². The van der Waals surface area contributed by atoms with Gasteiger partial charge in [-0.3, -0.25) is 4.98 Å². The molecule has 0 fully saturated rings. The topological polar surface area (TPSA) is 45.1 Å². The third kappa shape index (κ3) is 2.70. The van der Waals surface area contributed by atoms with Crippen LogP contribution in [-0.4, -0.2) is 10.1 Å². The molecule has 4 aromatic rings. The first-order valence-corrected chi connectivity index (χ1v) is 8.06. The Morgan fingerprint density at radius 1 is 0.750 bits per heavy atom. The number of hydrogen-bond acceptors (Lipinski definition) is 3. The maximum atomic E-state index is 9.93. The summed E-state index contributed by atoms with van der Waals surface area (Å²) in [4.78, 5) is 4.27. The summed E-state index contributed by atoms with van der Waals surface area (Å²) in [5.41, 5.74) is 3.08. The smallest absolute Gasteiger partial charge is 0.141 e. The molecule has 3 nitrogen and oxygen atoms in total. The van der Waals surface area contributed by atoms with Gasteiger partial charge >= 0.3 is 0 Å². The summed E-state index contributed by atoms with van der Waals surface area (Å²) in [6.45, 7) is 1.52. The van der Waals surface area contributed by atoms with Crippen LogP contribution in [-0.2, 0) is 13.1 Å². The monoisotopic (exact) mass is 314 g/mol. The molecule has 0 saturated carbocycles. The highest BCUT2D eigenvalue weighted by Gasteiger charge is 2.06. The normalized spacial score (nSPS) is 11.2. The van der Waals surface area contributed by atoms with E-state index in [4.69, 9.17) is 0 Å². The van der Waals surface area contributed by atoms with E-state index in [1.807, 2.05) is 18.2 Å². The van der Waals surface area contributed by atoms with Crippen molar-refractivity contribution in [3.05, 3.63) is 84.1 Å². The molecule has 1 aromatic heterocycles. The molecular weight excluding hydrogens is 296 g/mol. The summed E-state index contributed by atoms with van der Waals surface area (Å²) < 4.78 is 0. The van der Waals surface area contributed by atoms with Gasteiger partial charge in [0.1, 0.15) is 11.3 Å². The number of aromatic hydroxyl groups is 1. The zero-order chi connectivity index (χ0) is 16.4. The van der Waals surface area contributed by atoms with Crippen LogP contribution in [0.1, 0.15) is 11.1 Å². The minimum absolute atomic E-state index is 0.225. The fourth-order valence-electron chi connectivity index (χ4n) is 3.15. The van der Waals surface area contributed by atoms with Gasteiger partial charge in [-0.25, -0.2) is 0 Å². The minimum atomic E-state index is 0.225. The van der Waals surface area contributed by atoms with Crippen molar-refractivity contribution in [3.63, 3.8) is 0 Å². The highest BCUT2D eigenvalue weighted by Crippen LogP contribution is 2.25. The number of aromatic nitrogens is 1. The molecule has 0 unspecified atom stereocenters. The molecule has 0 saturated heterocycles. The molecule has 0 aliphatic rings. The Hall–Kier alpha value is -2.91. The van der Waals surface area contributed by atoms with Crippen LogP contribution in [0.4, 0.5) is 0 Å². The van der Waals surface area contributed by atoms with Crippen molar-refractivity contribution in [2.24, 2.45) is 0 Å². The molecule has 0 aliphatic heterocycles. The van der Waals surface area contributed by atoms with Gasteiger partial charge in [-0.05, 0) is 34.0 Å². The van der Waals surface area contributed by atoms with E-state index in [0.717, 1.165) is 24.0 Å². The highest BCUT2D eigenvalue weighted by atomic mass is 16.3. The zero-order valence-electron chi connectivity index (χ0n) is 13.2. The Balaban J connectivity index is 1.57. The Morgan fingerprint density at radius 2 is 1.50 bits per heavy atom. The maximum absolute atomic E-state index is 9.93. The van der Waals surface area contributed by atoms with E-state index >= 15 is 0 Å². The van der Waals surface area contributed by atoms with Gasteiger partial charge in [0, 0.05) is 24.7 Å². The maximum Gasteiger partial charge on any atom is 0.141 e. The first-order chi connectivity index (χ1) is 11.8. The number of pyridine rings is 1. The predicted octanol–water partition coefficient (Wildman–Crippen LogP) is 4.38. The highest BCUT2D eigenvalue weighted by molar-refractivity contribution is 5.87. The van der Waals surface area contributed by atoms with Crippen molar-refractivity contribution in [2.75, 3.05) is 0 Å². The van der Waals surface area contributed by atoms with E-state index in [1.54, 1.807) is 12.3 Å². The molecule has 118 valence electrons. The lowest BCUT2D eigenvalue weighted by Gasteiger charge is -2.10. The van der Waals surface area contributed by atoms with Gasteiger partial charge in [0.25, 0.3) is 0 Å². The van der Waals surface area contributed by atoms with Crippen LogP contribution in [0.3, 0.4) is 0 Å². The van der Waals surface area contributed by atoms with E-state index in [-0.39, 0.29) is 5.75 Å². The van der Waals surface area contributed by atoms with Crippen molar-refractivity contribution in [1.29, 1.82) is 0 Å². The van der Waals surface area contributed by atoms with E-state index in [1.165, 1.54) is 16.3 Å². The molecule has 4 rings (SSSR count). The van der Waals surface area contributed by atoms with Gasteiger partial charge in [-0.1, -0.05) is 54.6 Å². The predicted molar refractivity (Wildman–Crippen MR) is 97.9 cm³/mol. The first kappa shape index (κ1) is 14.7. The standard InChI is InChI=1S/C21H18N2O/c24-20-11-10-17(19-9-4-12-23-21(19)20)14-22-13-16-7-3-6-15-5-1-2-8-18(15)16/h1-12,22,24H,13-14H2. The van der Waals surface area contributed by atoms with E-state index in [0.29, 0.717) is 5.52 Å². The number of nitrogens with one attached hydrogen (secondary N) is 1. The fourth-order valence-corrected chi connectivity index (χ4v) is 3.15. The van der Waals surface area contributed by atoms with Crippen LogP contribution in [0.25, 0.3) is 21.7 Å². The SMILES string of the molecule is Oc1ccc(CNCc2cccc3ccccc23)c2cccnc12. The van der Waals surface area contributed by atoms with Gasteiger partial charge in [0.15, 0.2) is 0 Å². The number of nitrogens with zero attached hydrogens (tertiary/aromatic N) is 1. The largest absolute Gasteiger partial charge is 0.506 e. The Bertz CT molecular complexity index is 1010. The van der Waals surface area contributed by atoms with E-state index < -0.39 is 0 Å². The van der Waals surface area contributed by atoms with E-state index in [2.05, 4.69) is 52.8 Å². The number of rotatable bonds is 4. The van der Waals surface area contributed by atoms with Gasteiger partial charge in [0.2, 0.25) is 0 Å². The summed E-state index contributed by atoms with van der Waals surface area (Å²) in [6, 6.07) is 22.4. The molecule has 3 aromatic carbocycles. The van der Waals surface area contributed by atoms with Crippen molar-refractivity contribution < 1.29 is 5.11 Å². The summed E-state index contributed by atoms with van der Waals surface area (Å²) in [7, 11) is 0. The third-order valence-corrected chi connectivity index (χ3v) is 4.35. The summed E-state index contributed by atoms with van der Waals surface area (Å²) >= 11 is 0. The van der Waals surface area contributed by atoms with Crippen LogP contribution in [0.15, 0.2) is 72.9 Å². The fraction of sp³-hybridized carbons (Fsp3) is 0.0952. The zero-order valence-corrected chi connectivity index (χ0v) is 13.2. The molecule has 0 atom stereocenters. The van der Waals surface area contributed by atoms with Crippen LogP contribution < -0.4 is 5.32 Å². The second kappa shape index (κ2) is 6.30. The van der Waals surface area contributed by atoms with Gasteiger partial charge in [-0.2, -0.15) is 0 Å². The number of phenols is 1. The molecule has 1 heterocycles. The molecule has 0 radical (unpaired) electrons. The molecule has 0 aliphatic carbocycles. The van der Waals surface area contributed by atoms with Crippen molar-refractivity contribution in [3.8, 4) is 5.75 Å². The van der Waals surface area contributed by atoms with Crippen molar-refractivity contribution >= 4 is 21.7 Å². The Kier molecular flexibility index (Phi) is 3.85. The molecule has 0 spiro atoms. The molecule has 24 heavy (non-hydrogen) atoms. The van der Waals surface area contributed by atoms with Crippen molar-refractivity contribution in [1.82, 2.24) is 10.3 Å². The third-order valence-electron chi connectivity index (χ3n) is 4.35. The van der Waals surface area contributed by atoms with E-state index in [9.17, 15) is 5.11 Å². The number of fused-ring (bicyclic) bond motifs is 2. The molecule has 0 bridgehead atoms. The molecule has 3 heteroatoms. The summed E-state index contributed by atoms with van der Waals surface area (Å²) in [5, 5.41) is 17.0. The van der Waals surface area contributed by atoms with Gasteiger partial charge < -0.3 is 10.4 Å². The van der Waals surface area contributed by atoms with Crippen molar-refractivity contribution in [2.45, 2.75) is 13.1 Å². The quantitative estimate of drug-likeness (QED) is 0.587. The van der Waals surface area contributed by atoms with Gasteiger partial charge in [-0.15, -0.1) is 0 Å². The minimum Gasteiger partial charge on any atom is -0.506 e. The second-order valence-corrected chi connectivity index (χ2v) is 5.89. The lowest BCUT2D eigenvalue weighted by molar-refractivity contribution is 0.480. The van der Waals surface area contributed by atoms with Crippen LogP contribution in [0.2, 0.25) is 0 Å². The Labute approximate surface area is 140 Å². The molecular formula is C21H18N2O. The summed E-state index contributed by atoms with van der Waals surface area (Å²) in [6.07, 6.45) is 1.70. The van der Waals surface area contributed by atoms with Gasteiger partial charge in [0.05, 0.1) is 0 Å². The lowest BCUT2D eigenvalue weighted by Crippen LogP contribution is -2.13. The summed E-state index contributed by atoms with van der Waals surface area (Å²) in [5.74, 6) is 0.225. The lowest BCUT2D eigenvalue weighted by atomic mass is 10.0. The number of hydrogen-bond donors (Lipinski definition) is 2. The number of phenolic OH excluding ortho intramolecular Hbond substituents is 1. The first-order valence-electron chi connectivity index (χ1n) is 8.06. The number of benzene rings is 3. The van der Waals surface area contributed by atoms with Crippen LogP contribution in [0, 0.1) is 0 Å². The molecule has 0 amide bonds. The average molecular weight is 314 g/mol.